The summed E-state index contributed by atoms with van der Waals surface area (Å²) in [5.74, 6) is 3.29. The van der Waals surface area contributed by atoms with Crippen LogP contribution in [0.5, 0.6) is 11.5 Å². The molecule has 0 saturated heterocycles. The lowest BCUT2D eigenvalue weighted by molar-refractivity contribution is -0.599. The van der Waals surface area contributed by atoms with Gasteiger partial charge in [-0.1, -0.05) is 124 Å². The Kier molecular flexibility index (Phi) is 9.68. The van der Waals surface area contributed by atoms with Gasteiger partial charge in [-0.2, -0.15) is 0 Å². The fourth-order valence-corrected chi connectivity index (χ4v) is 7.99. The third kappa shape index (κ3) is 7.28. The third-order valence-electron chi connectivity index (χ3n) is 11.1. The molecule has 0 aliphatic heterocycles. The zero-order valence-corrected chi connectivity index (χ0v) is 35.1. The smallest absolute Gasteiger partial charge is 0.269 e. The largest absolute Gasteiger partial charge is 0.458 e. The van der Waals surface area contributed by atoms with E-state index >= 15 is 0 Å². The quantitative estimate of drug-likeness (QED) is 0.115. The second-order valence-electron chi connectivity index (χ2n) is 18.0. The molecule has 5 nitrogen and oxygen atoms in total. The number of para-hydroxylation sites is 1. The second-order valence-corrected chi connectivity index (χ2v) is 18.0. The van der Waals surface area contributed by atoms with Crippen LogP contribution in [0.25, 0.3) is 50.1 Å². The highest BCUT2D eigenvalue weighted by Gasteiger charge is 2.23. The molecule has 5 heteroatoms. The minimum atomic E-state index is -0.141. The number of imidazole rings is 1. The lowest BCUT2D eigenvalue weighted by atomic mass is 9.85. The van der Waals surface area contributed by atoms with E-state index in [0.717, 1.165) is 50.8 Å². The summed E-state index contributed by atoms with van der Waals surface area (Å²) in [7, 11) is 0. The van der Waals surface area contributed by atoms with E-state index in [1.807, 2.05) is 12.3 Å². The molecule has 3 aromatic heterocycles. The first-order valence-electron chi connectivity index (χ1n) is 20.3. The number of benzene rings is 5. The Morgan fingerprint density at radius 1 is 0.632 bits per heavy atom. The Morgan fingerprint density at radius 2 is 1.30 bits per heavy atom. The molecule has 0 aliphatic carbocycles. The predicted molar refractivity (Wildman–Crippen MR) is 236 cm³/mol. The number of ether oxygens (including phenoxy) is 1. The van der Waals surface area contributed by atoms with Crippen molar-refractivity contribution < 1.29 is 9.30 Å². The number of hydrogen-bond donors (Lipinski definition) is 0. The van der Waals surface area contributed by atoms with E-state index < -0.39 is 0 Å². The summed E-state index contributed by atoms with van der Waals surface area (Å²) in [5, 5.41) is 2.35. The molecule has 0 bridgehead atoms. The minimum Gasteiger partial charge on any atom is -0.458 e. The van der Waals surface area contributed by atoms with Gasteiger partial charge in [-0.25, -0.2) is 4.98 Å². The maximum absolute atomic E-state index is 6.67. The fourth-order valence-electron chi connectivity index (χ4n) is 7.99. The molecule has 0 saturated carbocycles. The summed E-state index contributed by atoms with van der Waals surface area (Å²) in [6.07, 6.45) is 7.80. The van der Waals surface area contributed by atoms with Crippen LogP contribution in [-0.2, 0) is 10.8 Å². The molecule has 8 aromatic rings. The van der Waals surface area contributed by atoms with Gasteiger partial charge in [-0.05, 0) is 111 Å². The molecular formula is C52H54N4O. The first kappa shape index (κ1) is 38.0. The van der Waals surface area contributed by atoms with Crippen LogP contribution in [0.2, 0.25) is 0 Å². The van der Waals surface area contributed by atoms with Gasteiger partial charge in [0.1, 0.15) is 17.3 Å². The molecule has 57 heavy (non-hydrogen) atoms. The third-order valence-corrected chi connectivity index (χ3v) is 11.1. The molecular weight excluding hydrogens is 697 g/mol. The van der Waals surface area contributed by atoms with Crippen molar-refractivity contribution in [2.24, 2.45) is 0 Å². The van der Waals surface area contributed by atoms with Gasteiger partial charge in [0.2, 0.25) is 0 Å². The molecule has 0 radical (unpaired) electrons. The highest BCUT2D eigenvalue weighted by atomic mass is 16.5. The van der Waals surface area contributed by atoms with Gasteiger partial charge in [0, 0.05) is 29.2 Å². The van der Waals surface area contributed by atoms with E-state index in [2.05, 4.69) is 211 Å². The van der Waals surface area contributed by atoms with Crippen LogP contribution in [-0.4, -0.2) is 14.1 Å². The van der Waals surface area contributed by atoms with Crippen LogP contribution >= 0.6 is 0 Å². The van der Waals surface area contributed by atoms with Gasteiger partial charge in [-0.3, -0.25) is 13.7 Å². The molecule has 0 aliphatic rings. The first-order valence-corrected chi connectivity index (χ1v) is 20.3. The molecule has 0 unspecified atom stereocenters. The predicted octanol–water partition coefficient (Wildman–Crippen LogP) is 13.3. The van der Waals surface area contributed by atoms with Crippen molar-refractivity contribution in [3.05, 3.63) is 162 Å². The summed E-state index contributed by atoms with van der Waals surface area (Å²) >= 11 is 0. The van der Waals surface area contributed by atoms with E-state index in [1.165, 1.54) is 33.2 Å². The SMILES string of the molecule is CC(C)c1cccc(C(C)C)c1-c1ccc(-[n+]2[c-]n(-c3cccc(Oc4ccc5c6ccccc6n(-c6cc(C(C)(C)C)ccn6)c5c4)c3)c(C(C)(C)C)c2)cc1. The van der Waals surface area contributed by atoms with E-state index in [0.29, 0.717) is 11.8 Å². The van der Waals surface area contributed by atoms with Gasteiger partial charge in [0.15, 0.2) is 0 Å². The van der Waals surface area contributed by atoms with Crippen molar-refractivity contribution in [3.8, 4) is 39.8 Å². The van der Waals surface area contributed by atoms with Crippen LogP contribution in [0.4, 0.5) is 0 Å². The van der Waals surface area contributed by atoms with Crippen molar-refractivity contribution in [2.45, 2.75) is 91.9 Å². The Labute approximate surface area is 338 Å². The molecule has 5 aromatic carbocycles. The Balaban J connectivity index is 1.15. The van der Waals surface area contributed by atoms with E-state index in [4.69, 9.17) is 9.72 Å². The van der Waals surface area contributed by atoms with Gasteiger partial charge >= 0.3 is 0 Å². The number of nitrogens with zero attached hydrogens (tertiary/aromatic N) is 4. The van der Waals surface area contributed by atoms with Crippen LogP contribution in [0.1, 0.15) is 103 Å². The number of pyridine rings is 1. The molecule has 8 rings (SSSR count). The average Bonchev–Trinajstić information content (AvgIpc) is 3.78. The van der Waals surface area contributed by atoms with Crippen molar-refractivity contribution in [1.29, 1.82) is 0 Å². The topological polar surface area (TPSA) is 35.9 Å². The summed E-state index contributed by atoms with van der Waals surface area (Å²) in [5.41, 5.74) is 11.9. The molecule has 0 N–H and O–H groups in total. The van der Waals surface area contributed by atoms with E-state index in [-0.39, 0.29) is 10.8 Å². The van der Waals surface area contributed by atoms with Crippen LogP contribution < -0.4 is 9.30 Å². The number of hydrogen-bond acceptors (Lipinski definition) is 2. The molecule has 0 fully saturated rings. The molecule has 0 spiro atoms. The molecule has 0 atom stereocenters. The Bertz CT molecular complexity index is 2710. The summed E-state index contributed by atoms with van der Waals surface area (Å²) in [6.45, 7) is 22.6. The highest BCUT2D eigenvalue weighted by Crippen LogP contribution is 2.38. The van der Waals surface area contributed by atoms with Gasteiger partial charge < -0.3 is 4.74 Å². The van der Waals surface area contributed by atoms with Gasteiger partial charge in [0.05, 0.1) is 28.1 Å². The van der Waals surface area contributed by atoms with E-state index in [9.17, 15) is 0 Å². The molecule has 3 heterocycles. The lowest BCUT2D eigenvalue weighted by Gasteiger charge is -2.21. The van der Waals surface area contributed by atoms with Gasteiger partial charge in [0.25, 0.3) is 6.33 Å². The monoisotopic (exact) mass is 750 g/mol. The van der Waals surface area contributed by atoms with Crippen LogP contribution in [0, 0.1) is 6.33 Å². The minimum absolute atomic E-state index is 0.00145. The van der Waals surface area contributed by atoms with Crippen molar-refractivity contribution in [2.75, 3.05) is 0 Å². The maximum Gasteiger partial charge on any atom is 0.269 e. The summed E-state index contributed by atoms with van der Waals surface area (Å²) in [4.78, 5) is 4.86. The fraction of sp³-hybridized carbons (Fsp3) is 0.269. The Hall–Kier alpha value is -5.94. The second kappa shape index (κ2) is 14.5. The number of rotatable bonds is 8. The standard InChI is InChI=1S/C52H54N4O/c1-34(2)42-18-14-19-43(35(3)4)50(42)36-21-23-38(24-22-36)54-32-48(52(8,9)10)55(33-54)39-15-13-16-40(30-39)57-41-25-26-45-44-17-11-12-20-46(44)56(47(45)31-41)49-29-37(27-28-53-49)51(5,6)7/h11-32,34-35H,1-10H3. The maximum atomic E-state index is 6.67. The average molecular weight is 751 g/mol. The lowest BCUT2D eigenvalue weighted by Crippen LogP contribution is -2.28. The molecule has 288 valence electrons. The van der Waals surface area contributed by atoms with Crippen LogP contribution in [0.15, 0.2) is 134 Å². The van der Waals surface area contributed by atoms with Crippen molar-refractivity contribution in [1.82, 2.24) is 14.1 Å². The van der Waals surface area contributed by atoms with Crippen molar-refractivity contribution >= 4 is 21.8 Å². The first-order chi connectivity index (χ1) is 27.2. The number of aromatic nitrogens is 4. The van der Waals surface area contributed by atoms with E-state index in [1.54, 1.807) is 0 Å². The Morgan fingerprint density at radius 3 is 1.98 bits per heavy atom. The number of fused-ring (bicyclic) bond motifs is 3. The van der Waals surface area contributed by atoms with Gasteiger partial charge in [-0.15, -0.1) is 0 Å². The molecule has 0 amide bonds. The van der Waals surface area contributed by atoms with Crippen molar-refractivity contribution in [3.63, 3.8) is 0 Å². The normalized spacial score (nSPS) is 12.4. The summed E-state index contributed by atoms with van der Waals surface area (Å²) in [6, 6.07) is 43.2. The summed E-state index contributed by atoms with van der Waals surface area (Å²) < 4.78 is 13.2. The van der Waals surface area contributed by atoms with Crippen LogP contribution in [0.3, 0.4) is 0 Å². The zero-order valence-electron chi connectivity index (χ0n) is 35.1. The zero-order chi connectivity index (χ0) is 40.2. The highest BCUT2D eigenvalue weighted by molar-refractivity contribution is 6.09.